The molecule has 0 aromatic heterocycles. The largest absolute Gasteiger partial charge is 0.462 e. The topological polar surface area (TPSA) is 64.3 Å². The first-order valence-electron chi connectivity index (χ1n) is 6.79. The first-order chi connectivity index (χ1) is 10.5. The molecular weight excluding hydrogens is 323 g/mol. The number of hydrogen-bond acceptors (Lipinski definition) is 4. The number of rotatable bonds is 5. The number of halogens is 2. The van der Waals surface area contributed by atoms with E-state index < -0.39 is 5.97 Å². The second kappa shape index (κ2) is 7.38. The van der Waals surface area contributed by atoms with Crippen molar-refractivity contribution in [2.24, 2.45) is 0 Å². The molecule has 2 aromatic carbocycles. The summed E-state index contributed by atoms with van der Waals surface area (Å²) in [6.07, 6.45) is 0.751. The van der Waals surface area contributed by atoms with Gasteiger partial charge in [-0.1, -0.05) is 30.1 Å². The van der Waals surface area contributed by atoms with Crippen LogP contribution in [0.4, 0.5) is 17.1 Å². The molecule has 0 bridgehead atoms. The number of carbonyl (C=O) groups excluding carboxylic acids is 1. The van der Waals surface area contributed by atoms with Crippen LogP contribution in [0.15, 0.2) is 36.4 Å². The fourth-order valence-electron chi connectivity index (χ4n) is 1.89. The Balaban J connectivity index is 2.32. The lowest BCUT2D eigenvalue weighted by Crippen LogP contribution is -2.09. The van der Waals surface area contributed by atoms with Crippen molar-refractivity contribution in [1.29, 1.82) is 0 Å². The molecule has 2 aromatic rings. The highest BCUT2D eigenvalue weighted by molar-refractivity contribution is 6.35. The lowest BCUT2D eigenvalue weighted by atomic mass is 10.1. The van der Waals surface area contributed by atoms with Gasteiger partial charge in [-0.05, 0) is 42.8 Å². The van der Waals surface area contributed by atoms with E-state index in [1.54, 1.807) is 36.4 Å². The number of nitrogens with two attached hydrogens (primary N) is 1. The average Bonchev–Trinajstić information content (AvgIpc) is 2.45. The number of hydrogen-bond donors (Lipinski definition) is 2. The number of carbonyl (C=O) groups is 1. The lowest BCUT2D eigenvalue weighted by molar-refractivity contribution is 0.0506. The van der Waals surface area contributed by atoms with Crippen LogP contribution >= 0.6 is 23.2 Å². The molecule has 0 aliphatic rings. The Bertz CT molecular complexity index is 670. The first kappa shape index (κ1) is 16.5. The molecule has 0 saturated carbocycles. The lowest BCUT2D eigenvalue weighted by Gasteiger charge is -2.13. The smallest absolute Gasteiger partial charge is 0.340 e. The van der Waals surface area contributed by atoms with Crippen LogP contribution < -0.4 is 11.1 Å². The molecule has 0 radical (unpaired) electrons. The monoisotopic (exact) mass is 338 g/mol. The summed E-state index contributed by atoms with van der Waals surface area (Å²) >= 11 is 12.0. The van der Waals surface area contributed by atoms with E-state index >= 15 is 0 Å². The SMILES string of the molecule is CCCOC(=O)c1cc(N)ccc1Nc1cc(Cl)cc(Cl)c1. The molecule has 22 heavy (non-hydrogen) atoms. The molecule has 0 unspecified atom stereocenters. The zero-order chi connectivity index (χ0) is 16.1. The Morgan fingerprint density at radius 3 is 2.50 bits per heavy atom. The summed E-state index contributed by atoms with van der Waals surface area (Å²) in [5.74, 6) is -0.426. The van der Waals surface area contributed by atoms with E-state index in [1.165, 1.54) is 0 Å². The van der Waals surface area contributed by atoms with Gasteiger partial charge in [0.15, 0.2) is 0 Å². The van der Waals surface area contributed by atoms with E-state index in [2.05, 4.69) is 5.32 Å². The number of esters is 1. The second-order valence-corrected chi connectivity index (χ2v) is 5.60. The minimum Gasteiger partial charge on any atom is -0.462 e. The van der Waals surface area contributed by atoms with Crippen molar-refractivity contribution in [2.45, 2.75) is 13.3 Å². The van der Waals surface area contributed by atoms with Gasteiger partial charge >= 0.3 is 5.97 Å². The molecule has 6 heteroatoms. The summed E-state index contributed by atoms with van der Waals surface area (Å²) in [7, 11) is 0. The Hall–Kier alpha value is -1.91. The third-order valence-corrected chi connectivity index (χ3v) is 3.28. The molecule has 0 atom stereocenters. The van der Waals surface area contributed by atoms with Crippen molar-refractivity contribution in [1.82, 2.24) is 0 Å². The third kappa shape index (κ3) is 4.29. The summed E-state index contributed by atoms with van der Waals surface area (Å²) in [5.41, 5.74) is 7.86. The van der Waals surface area contributed by atoms with Gasteiger partial charge in [-0.25, -0.2) is 4.79 Å². The highest BCUT2D eigenvalue weighted by Crippen LogP contribution is 2.28. The third-order valence-electron chi connectivity index (χ3n) is 2.84. The minimum atomic E-state index is -0.426. The van der Waals surface area contributed by atoms with Gasteiger partial charge in [-0.3, -0.25) is 0 Å². The van der Waals surface area contributed by atoms with E-state index in [0.717, 1.165) is 6.42 Å². The Kier molecular flexibility index (Phi) is 5.52. The van der Waals surface area contributed by atoms with Crippen molar-refractivity contribution >= 4 is 46.2 Å². The van der Waals surface area contributed by atoms with Crippen molar-refractivity contribution < 1.29 is 9.53 Å². The quantitative estimate of drug-likeness (QED) is 0.601. The number of anilines is 3. The van der Waals surface area contributed by atoms with Crippen molar-refractivity contribution in [2.75, 3.05) is 17.7 Å². The van der Waals surface area contributed by atoms with Crippen LogP contribution in [0, 0.1) is 0 Å². The molecule has 0 aliphatic heterocycles. The van der Waals surface area contributed by atoms with Crippen molar-refractivity contribution in [3.63, 3.8) is 0 Å². The summed E-state index contributed by atoms with van der Waals surface area (Å²) < 4.78 is 5.17. The second-order valence-electron chi connectivity index (χ2n) is 4.72. The maximum Gasteiger partial charge on any atom is 0.340 e. The normalized spacial score (nSPS) is 10.3. The number of benzene rings is 2. The summed E-state index contributed by atoms with van der Waals surface area (Å²) in [5, 5.41) is 4.11. The maximum absolute atomic E-state index is 12.1. The standard InChI is InChI=1S/C16H16Cl2N2O2/c1-2-5-22-16(21)14-9-12(19)3-4-15(14)20-13-7-10(17)6-11(18)8-13/h3-4,6-9,20H,2,5,19H2,1H3. The minimum absolute atomic E-state index is 0.357. The molecule has 0 heterocycles. The number of nitrogen functional groups attached to an aromatic ring is 1. The first-order valence-corrected chi connectivity index (χ1v) is 7.55. The Morgan fingerprint density at radius 2 is 1.86 bits per heavy atom. The predicted octanol–water partition coefficient (Wildman–Crippen LogP) is 4.89. The molecule has 4 nitrogen and oxygen atoms in total. The van der Waals surface area contributed by atoms with Crippen LogP contribution in [0.1, 0.15) is 23.7 Å². The molecule has 0 saturated heterocycles. The van der Waals surface area contributed by atoms with Gasteiger partial charge in [0.1, 0.15) is 0 Å². The zero-order valence-corrected chi connectivity index (χ0v) is 13.5. The van der Waals surface area contributed by atoms with Crippen molar-refractivity contribution in [3.8, 4) is 0 Å². The summed E-state index contributed by atoms with van der Waals surface area (Å²) in [6.45, 7) is 2.29. The van der Waals surface area contributed by atoms with Crippen molar-refractivity contribution in [3.05, 3.63) is 52.0 Å². The number of ether oxygens (including phenoxy) is 1. The van der Waals surface area contributed by atoms with Gasteiger partial charge in [0, 0.05) is 21.4 Å². The van der Waals surface area contributed by atoms with E-state index in [-0.39, 0.29) is 0 Å². The Morgan fingerprint density at radius 1 is 1.18 bits per heavy atom. The molecule has 116 valence electrons. The van der Waals surface area contributed by atoms with E-state index in [9.17, 15) is 4.79 Å². The van der Waals surface area contributed by atoms with Gasteiger partial charge in [-0.15, -0.1) is 0 Å². The van der Waals surface area contributed by atoms with Gasteiger partial charge in [0.05, 0.1) is 17.9 Å². The molecular formula is C16H16Cl2N2O2. The van der Waals surface area contributed by atoms with Gasteiger partial charge < -0.3 is 15.8 Å². The zero-order valence-electron chi connectivity index (χ0n) is 12.0. The molecule has 0 fully saturated rings. The van der Waals surface area contributed by atoms with Crippen LogP contribution in [0.25, 0.3) is 0 Å². The van der Waals surface area contributed by atoms with E-state index in [1.807, 2.05) is 6.92 Å². The molecule has 0 aliphatic carbocycles. The highest BCUT2D eigenvalue weighted by atomic mass is 35.5. The van der Waals surface area contributed by atoms with Gasteiger partial charge in [0.2, 0.25) is 0 Å². The van der Waals surface area contributed by atoms with E-state index in [4.69, 9.17) is 33.7 Å². The molecule has 0 spiro atoms. The van der Waals surface area contributed by atoms with Crippen LogP contribution in [0.2, 0.25) is 10.0 Å². The molecule has 2 rings (SSSR count). The molecule has 0 amide bonds. The maximum atomic E-state index is 12.1. The van der Waals surface area contributed by atoms with Gasteiger partial charge in [0.25, 0.3) is 0 Å². The van der Waals surface area contributed by atoms with Gasteiger partial charge in [-0.2, -0.15) is 0 Å². The fourth-order valence-corrected chi connectivity index (χ4v) is 2.42. The van der Waals surface area contributed by atoms with Crippen LogP contribution in [0.3, 0.4) is 0 Å². The number of nitrogens with one attached hydrogen (secondary N) is 1. The Labute approximate surface area is 139 Å². The summed E-state index contributed by atoms with van der Waals surface area (Å²) in [4.78, 5) is 12.1. The fraction of sp³-hybridized carbons (Fsp3) is 0.188. The van der Waals surface area contributed by atoms with E-state index in [0.29, 0.717) is 39.3 Å². The van der Waals surface area contributed by atoms with Crippen LogP contribution in [0.5, 0.6) is 0 Å². The van der Waals surface area contributed by atoms with Crippen LogP contribution in [-0.4, -0.2) is 12.6 Å². The highest BCUT2D eigenvalue weighted by Gasteiger charge is 2.14. The van der Waals surface area contributed by atoms with Crippen LogP contribution in [-0.2, 0) is 4.74 Å². The predicted molar refractivity (Wildman–Crippen MR) is 91.2 cm³/mol. The molecule has 3 N–H and O–H groups in total. The average molecular weight is 339 g/mol. The summed E-state index contributed by atoms with van der Waals surface area (Å²) in [6, 6.07) is 10.0.